The standard InChI is InChI=1S/C14H13N5O5/c1-8-2-3-9(19(22)23)6-10(8)18-11(20)7-24-14(21)12-13(15)17-5-4-16-12/h2-6H,7H2,1H3,(H2,15,17)(H,18,20). The van der Waals surface area contributed by atoms with Crippen molar-refractivity contribution in [2.75, 3.05) is 17.7 Å². The van der Waals surface area contributed by atoms with Gasteiger partial charge in [-0.3, -0.25) is 14.9 Å². The SMILES string of the molecule is Cc1ccc([N+](=O)[O-])cc1NC(=O)COC(=O)c1nccnc1N. The highest BCUT2D eigenvalue weighted by molar-refractivity contribution is 5.96. The third kappa shape index (κ3) is 4.00. The Morgan fingerprint density at radius 1 is 1.33 bits per heavy atom. The van der Waals surface area contributed by atoms with Crippen molar-refractivity contribution in [2.45, 2.75) is 6.92 Å². The van der Waals surface area contributed by atoms with E-state index in [2.05, 4.69) is 15.3 Å². The number of rotatable bonds is 5. The van der Waals surface area contributed by atoms with Crippen molar-refractivity contribution in [1.82, 2.24) is 9.97 Å². The van der Waals surface area contributed by atoms with Crippen LogP contribution in [0.4, 0.5) is 17.2 Å². The number of nitro benzene ring substituents is 1. The Kier molecular flexibility index (Phi) is 5.00. The number of aryl methyl sites for hydroxylation is 1. The fourth-order valence-corrected chi connectivity index (χ4v) is 1.75. The summed E-state index contributed by atoms with van der Waals surface area (Å²) in [4.78, 5) is 41.2. The van der Waals surface area contributed by atoms with Crippen LogP contribution in [0.15, 0.2) is 30.6 Å². The molecule has 0 radical (unpaired) electrons. The topological polar surface area (TPSA) is 150 Å². The van der Waals surface area contributed by atoms with Crippen molar-refractivity contribution in [3.8, 4) is 0 Å². The van der Waals surface area contributed by atoms with Crippen LogP contribution in [0, 0.1) is 17.0 Å². The summed E-state index contributed by atoms with van der Waals surface area (Å²) in [6.07, 6.45) is 2.57. The highest BCUT2D eigenvalue weighted by atomic mass is 16.6. The largest absolute Gasteiger partial charge is 0.451 e. The summed E-state index contributed by atoms with van der Waals surface area (Å²) >= 11 is 0. The lowest BCUT2D eigenvalue weighted by molar-refractivity contribution is -0.384. The van der Waals surface area contributed by atoms with Crippen LogP contribution in [-0.4, -0.2) is 33.4 Å². The van der Waals surface area contributed by atoms with E-state index in [-0.39, 0.29) is 22.9 Å². The summed E-state index contributed by atoms with van der Waals surface area (Å²) in [5, 5.41) is 13.2. The molecule has 2 aromatic rings. The van der Waals surface area contributed by atoms with Crippen LogP contribution in [0.25, 0.3) is 0 Å². The van der Waals surface area contributed by atoms with Gasteiger partial charge in [0, 0.05) is 24.5 Å². The van der Waals surface area contributed by atoms with E-state index in [0.29, 0.717) is 5.56 Å². The van der Waals surface area contributed by atoms with Gasteiger partial charge in [-0.2, -0.15) is 0 Å². The zero-order valence-corrected chi connectivity index (χ0v) is 12.6. The maximum absolute atomic E-state index is 11.8. The number of ether oxygens (including phenoxy) is 1. The number of non-ortho nitro benzene ring substituents is 1. The minimum absolute atomic E-state index is 0.113. The molecule has 10 heteroatoms. The number of nitrogens with zero attached hydrogens (tertiary/aromatic N) is 3. The molecule has 0 saturated carbocycles. The molecule has 24 heavy (non-hydrogen) atoms. The number of hydrogen-bond donors (Lipinski definition) is 2. The number of benzene rings is 1. The van der Waals surface area contributed by atoms with Crippen LogP contribution in [-0.2, 0) is 9.53 Å². The number of esters is 1. The van der Waals surface area contributed by atoms with Crippen LogP contribution in [0.1, 0.15) is 16.1 Å². The second kappa shape index (κ2) is 7.13. The van der Waals surface area contributed by atoms with Crippen molar-refractivity contribution in [1.29, 1.82) is 0 Å². The number of carbonyl (C=O) groups is 2. The zero-order chi connectivity index (χ0) is 17.7. The minimum atomic E-state index is -0.897. The van der Waals surface area contributed by atoms with E-state index in [1.54, 1.807) is 6.92 Å². The molecule has 1 heterocycles. The van der Waals surface area contributed by atoms with Gasteiger partial charge in [0.1, 0.15) is 0 Å². The molecule has 0 unspecified atom stereocenters. The average molecular weight is 331 g/mol. The molecule has 10 nitrogen and oxygen atoms in total. The molecule has 2 rings (SSSR count). The van der Waals surface area contributed by atoms with E-state index >= 15 is 0 Å². The van der Waals surface area contributed by atoms with Gasteiger partial charge in [-0.1, -0.05) is 6.07 Å². The molecule has 1 amide bonds. The smallest absolute Gasteiger partial charge is 0.361 e. The van der Waals surface area contributed by atoms with E-state index in [0.717, 1.165) is 0 Å². The summed E-state index contributed by atoms with van der Waals surface area (Å²) in [5.74, 6) is -1.67. The average Bonchev–Trinajstić information content (AvgIpc) is 2.55. The van der Waals surface area contributed by atoms with E-state index in [4.69, 9.17) is 10.5 Å². The number of anilines is 2. The summed E-state index contributed by atoms with van der Waals surface area (Å²) in [6, 6.07) is 4.04. The predicted molar refractivity (Wildman–Crippen MR) is 83.2 cm³/mol. The predicted octanol–water partition coefficient (Wildman–Crippen LogP) is 1.07. The lowest BCUT2D eigenvalue weighted by Crippen LogP contribution is -2.22. The van der Waals surface area contributed by atoms with Crippen LogP contribution < -0.4 is 11.1 Å². The second-order valence-electron chi connectivity index (χ2n) is 4.67. The molecule has 3 N–H and O–H groups in total. The van der Waals surface area contributed by atoms with Crippen LogP contribution >= 0.6 is 0 Å². The second-order valence-corrected chi connectivity index (χ2v) is 4.67. The van der Waals surface area contributed by atoms with Gasteiger partial charge in [-0.15, -0.1) is 0 Å². The summed E-state index contributed by atoms with van der Waals surface area (Å²) in [6.45, 7) is 1.07. The van der Waals surface area contributed by atoms with E-state index in [1.165, 1.54) is 30.6 Å². The van der Waals surface area contributed by atoms with Gasteiger partial charge in [0.05, 0.1) is 10.6 Å². The molecule has 0 fully saturated rings. The monoisotopic (exact) mass is 331 g/mol. The van der Waals surface area contributed by atoms with Crippen molar-refractivity contribution in [2.24, 2.45) is 0 Å². The van der Waals surface area contributed by atoms with Crippen molar-refractivity contribution in [3.63, 3.8) is 0 Å². The van der Waals surface area contributed by atoms with Gasteiger partial charge in [0.2, 0.25) is 0 Å². The highest BCUT2D eigenvalue weighted by Crippen LogP contribution is 2.21. The maximum atomic E-state index is 11.8. The third-order valence-electron chi connectivity index (χ3n) is 2.96. The number of nitrogens with one attached hydrogen (secondary N) is 1. The summed E-state index contributed by atoms with van der Waals surface area (Å²) in [7, 11) is 0. The molecule has 0 atom stereocenters. The maximum Gasteiger partial charge on any atom is 0.361 e. The molecule has 0 spiro atoms. The Hall–Kier alpha value is -3.56. The van der Waals surface area contributed by atoms with Crippen LogP contribution in [0.5, 0.6) is 0 Å². The van der Waals surface area contributed by atoms with Crippen LogP contribution in [0.2, 0.25) is 0 Å². The van der Waals surface area contributed by atoms with Gasteiger partial charge >= 0.3 is 5.97 Å². The van der Waals surface area contributed by atoms with Crippen LogP contribution in [0.3, 0.4) is 0 Å². The Labute approximate surface area is 135 Å². The Morgan fingerprint density at radius 2 is 2.04 bits per heavy atom. The molecule has 0 saturated heterocycles. The number of nitrogen functional groups attached to an aromatic ring is 1. The fraction of sp³-hybridized carbons (Fsp3) is 0.143. The first-order valence-electron chi connectivity index (χ1n) is 6.67. The lowest BCUT2D eigenvalue weighted by Gasteiger charge is -2.09. The molecule has 0 aliphatic heterocycles. The number of aromatic nitrogens is 2. The molecule has 1 aromatic carbocycles. The lowest BCUT2D eigenvalue weighted by atomic mass is 10.2. The van der Waals surface area contributed by atoms with E-state index < -0.39 is 23.4 Å². The van der Waals surface area contributed by atoms with Crippen molar-refractivity contribution >= 4 is 29.1 Å². The van der Waals surface area contributed by atoms with E-state index in [1.807, 2.05) is 0 Å². The zero-order valence-electron chi connectivity index (χ0n) is 12.6. The summed E-state index contributed by atoms with van der Waals surface area (Å²) < 4.78 is 4.79. The Bertz CT molecular complexity index is 808. The number of nitrogens with two attached hydrogens (primary N) is 1. The Morgan fingerprint density at radius 3 is 2.71 bits per heavy atom. The first-order valence-corrected chi connectivity index (χ1v) is 6.67. The van der Waals surface area contributed by atoms with Crippen molar-refractivity contribution < 1.29 is 19.2 Å². The summed E-state index contributed by atoms with van der Waals surface area (Å²) in [5.41, 5.74) is 5.99. The minimum Gasteiger partial charge on any atom is -0.451 e. The number of hydrogen-bond acceptors (Lipinski definition) is 8. The Balaban J connectivity index is 1.99. The van der Waals surface area contributed by atoms with Gasteiger partial charge in [-0.25, -0.2) is 14.8 Å². The van der Waals surface area contributed by atoms with Crippen molar-refractivity contribution in [3.05, 3.63) is 52.0 Å². The third-order valence-corrected chi connectivity index (χ3v) is 2.96. The molecule has 0 aliphatic carbocycles. The quantitative estimate of drug-likeness (QED) is 0.469. The van der Waals surface area contributed by atoms with Gasteiger partial charge in [-0.05, 0) is 12.5 Å². The van der Waals surface area contributed by atoms with Gasteiger partial charge in [0.25, 0.3) is 11.6 Å². The first-order chi connectivity index (χ1) is 11.4. The molecular formula is C14H13N5O5. The molecule has 124 valence electrons. The number of amides is 1. The number of carbonyl (C=O) groups excluding carboxylic acids is 2. The highest BCUT2D eigenvalue weighted by Gasteiger charge is 2.16. The normalized spacial score (nSPS) is 10.0. The first kappa shape index (κ1) is 16.8. The molecular weight excluding hydrogens is 318 g/mol. The number of nitro groups is 1. The molecule has 0 aliphatic rings. The molecule has 0 bridgehead atoms. The molecule has 1 aromatic heterocycles. The fourth-order valence-electron chi connectivity index (χ4n) is 1.75. The van der Waals surface area contributed by atoms with E-state index in [9.17, 15) is 19.7 Å². The van der Waals surface area contributed by atoms with Gasteiger partial charge < -0.3 is 15.8 Å². The van der Waals surface area contributed by atoms with Gasteiger partial charge in [0.15, 0.2) is 18.1 Å².